The highest BCUT2D eigenvalue weighted by Gasteiger charge is 2.52. The fraction of sp³-hybridized carbons (Fsp3) is 0.706. The van der Waals surface area contributed by atoms with Crippen LogP contribution in [0, 0.1) is 0 Å². The quantitative estimate of drug-likeness (QED) is 0.496. The van der Waals surface area contributed by atoms with Crippen molar-refractivity contribution in [2.24, 2.45) is 0 Å². The van der Waals surface area contributed by atoms with Crippen molar-refractivity contribution >= 4 is 24.8 Å². The van der Waals surface area contributed by atoms with Crippen molar-refractivity contribution in [1.82, 2.24) is 19.5 Å². The Bertz CT molecular complexity index is 910. The second-order valence-corrected chi connectivity index (χ2v) is 8.80. The molecule has 5 atom stereocenters. The van der Waals surface area contributed by atoms with Gasteiger partial charge in [-0.05, 0) is 6.42 Å². The highest BCUT2D eigenvalue weighted by molar-refractivity contribution is 7.47. The SMILES string of the molecule is CCCCCCN(C)c1ncnc2c1ncn2[C@@H]1O[C@@H]2COP(=O)(O)O[C@H]2[C@H]1O. The van der Waals surface area contributed by atoms with E-state index in [0.717, 1.165) is 19.4 Å². The van der Waals surface area contributed by atoms with Crippen molar-refractivity contribution in [2.75, 3.05) is 25.1 Å². The molecule has 11 nitrogen and oxygen atoms in total. The second kappa shape index (κ2) is 8.25. The van der Waals surface area contributed by atoms with Crippen LogP contribution in [0.5, 0.6) is 0 Å². The summed E-state index contributed by atoms with van der Waals surface area (Å²) in [6.45, 7) is 2.89. The van der Waals surface area contributed by atoms with Gasteiger partial charge < -0.3 is 19.6 Å². The molecule has 2 N–H and O–H groups in total. The van der Waals surface area contributed by atoms with E-state index in [-0.39, 0.29) is 6.61 Å². The Morgan fingerprint density at radius 3 is 2.93 bits per heavy atom. The standard InChI is InChI=1S/C17H26N5O6P/c1-3-4-5-6-7-21(2)15-12-16(19-9-18-15)22(10-20-12)17-13(23)14-11(27-17)8-26-29(24,25)28-14/h9-11,13-14,17,23H,3-8H2,1-2H3,(H,24,25)/t11-,13-,14-,17-/m1/s1. The minimum Gasteiger partial charge on any atom is -0.386 e. The van der Waals surface area contributed by atoms with Gasteiger partial charge in [0.15, 0.2) is 23.2 Å². The van der Waals surface area contributed by atoms with Gasteiger partial charge in [0, 0.05) is 13.6 Å². The van der Waals surface area contributed by atoms with E-state index in [9.17, 15) is 14.6 Å². The van der Waals surface area contributed by atoms with Crippen molar-refractivity contribution in [3.8, 4) is 0 Å². The summed E-state index contributed by atoms with van der Waals surface area (Å²) in [5, 5.41) is 10.7. The second-order valence-electron chi connectivity index (χ2n) is 7.39. The molecular formula is C17H26N5O6P. The largest absolute Gasteiger partial charge is 0.472 e. The van der Waals surface area contributed by atoms with Crippen LogP contribution in [-0.4, -0.2) is 68.0 Å². The van der Waals surface area contributed by atoms with E-state index in [2.05, 4.69) is 21.9 Å². The minimum absolute atomic E-state index is 0.140. The van der Waals surface area contributed by atoms with Crippen LogP contribution in [0.2, 0.25) is 0 Å². The first-order valence-electron chi connectivity index (χ1n) is 9.79. The highest BCUT2D eigenvalue weighted by Crippen LogP contribution is 2.52. The van der Waals surface area contributed by atoms with Gasteiger partial charge in [-0.1, -0.05) is 26.2 Å². The lowest BCUT2D eigenvalue weighted by atomic mass is 10.1. The Hall–Kier alpha value is -1.62. The number of aliphatic hydroxyl groups excluding tert-OH is 1. The minimum atomic E-state index is -4.18. The molecule has 4 heterocycles. The molecule has 2 fully saturated rings. The number of unbranched alkanes of at least 4 members (excludes halogenated alkanes) is 3. The zero-order chi connectivity index (χ0) is 20.6. The Labute approximate surface area is 168 Å². The molecule has 0 amide bonds. The van der Waals surface area contributed by atoms with Crippen molar-refractivity contribution in [1.29, 1.82) is 0 Å². The molecule has 2 aromatic rings. The zero-order valence-corrected chi connectivity index (χ0v) is 17.3. The maximum absolute atomic E-state index is 11.7. The van der Waals surface area contributed by atoms with Gasteiger partial charge in [0.05, 0.1) is 12.9 Å². The number of aromatic nitrogens is 4. The molecule has 0 aliphatic carbocycles. The van der Waals surface area contributed by atoms with Crippen LogP contribution in [0.1, 0.15) is 38.8 Å². The molecule has 160 valence electrons. The van der Waals surface area contributed by atoms with Crippen LogP contribution in [0.4, 0.5) is 5.82 Å². The molecule has 0 radical (unpaired) electrons. The lowest BCUT2D eigenvalue weighted by Crippen LogP contribution is -2.39. The molecule has 29 heavy (non-hydrogen) atoms. The summed E-state index contributed by atoms with van der Waals surface area (Å²) in [6, 6.07) is 0. The monoisotopic (exact) mass is 427 g/mol. The number of ether oxygens (including phenoxy) is 1. The van der Waals surface area contributed by atoms with Crippen LogP contribution in [0.3, 0.4) is 0 Å². The maximum Gasteiger partial charge on any atom is 0.472 e. The smallest absolute Gasteiger partial charge is 0.386 e. The normalized spacial score (nSPS) is 31.9. The molecule has 0 spiro atoms. The molecule has 0 bridgehead atoms. The number of hydrogen-bond acceptors (Lipinski definition) is 9. The van der Waals surface area contributed by atoms with Crippen LogP contribution in [0.25, 0.3) is 11.2 Å². The molecule has 0 aromatic carbocycles. The Kier molecular flexibility index (Phi) is 5.87. The average Bonchev–Trinajstić information content (AvgIpc) is 3.25. The number of fused-ring (bicyclic) bond motifs is 2. The third-order valence-electron chi connectivity index (χ3n) is 5.29. The van der Waals surface area contributed by atoms with Gasteiger partial charge in [-0.15, -0.1) is 0 Å². The molecular weight excluding hydrogens is 401 g/mol. The van der Waals surface area contributed by atoms with Crippen LogP contribution < -0.4 is 4.90 Å². The molecule has 2 aromatic heterocycles. The van der Waals surface area contributed by atoms with Gasteiger partial charge in [-0.25, -0.2) is 19.5 Å². The summed E-state index contributed by atoms with van der Waals surface area (Å²) in [7, 11) is -2.22. The van der Waals surface area contributed by atoms with Crippen LogP contribution in [0.15, 0.2) is 12.7 Å². The number of rotatable bonds is 7. The summed E-state index contributed by atoms with van der Waals surface area (Å²) in [4.78, 5) is 24.7. The predicted molar refractivity (Wildman–Crippen MR) is 103 cm³/mol. The van der Waals surface area contributed by atoms with Crippen molar-refractivity contribution < 1.29 is 28.3 Å². The van der Waals surface area contributed by atoms with Crippen molar-refractivity contribution in [2.45, 2.75) is 57.1 Å². The molecule has 12 heteroatoms. The first kappa shape index (κ1) is 20.6. The number of nitrogens with zero attached hydrogens (tertiary/aromatic N) is 5. The first-order valence-corrected chi connectivity index (χ1v) is 11.3. The topological polar surface area (TPSA) is 132 Å². The zero-order valence-electron chi connectivity index (χ0n) is 16.4. The first-order chi connectivity index (χ1) is 13.9. The predicted octanol–water partition coefficient (Wildman–Crippen LogP) is 1.62. The van der Waals surface area contributed by atoms with Gasteiger partial charge in [0.25, 0.3) is 0 Å². The fourth-order valence-electron chi connectivity index (χ4n) is 3.75. The summed E-state index contributed by atoms with van der Waals surface area (Å²) in [6.07, 6.45) is 3.90. The van der Waals surface area contributed by atoms with E-state index in [0.29, 0.717) is 17.0 Å². The number of phosphoric acid groups is 1. The molecule has 0 saturated carbocycles. The van der Waals surface area contributed by atoms with Crippen LogP contribution >= 0.6 is 7.82 Å². The van der Waals surface area contributed by atoms with E-state index in [1.807, 2.05) is 11.9 Å². The number of anilines is 1. The van der Waals surface area contributed by atoms with Gasteiger partial charge in [-0.3, -0.25) is 13.6 Å². The summed E-state index contributed by atoms with van der Waals surface area (Å²) in [5.41, 5.74) is 1.10. The molecule has 2 aliphatic rings. The maximum atomic E-state index is 11.7. The highest BCUT2D eigenvalue weighted by atomic mass is 31.2. The fourth-order valence-corrected chi connectivity index (χ4v) is 4.72. The van der Waals surface area contributed by atoms with Crippen molar-refractivity contribution in [3.05, 3.63) is 12.7 Å². The molecule has 2 aliphatic heterocycles. The van der Waals surface area contributed by atoms with Crippen molar-refractivity contribution in [3.63, 3.8) is 0 Å². The summed E-state index contributed by atoms with van der Waals surface area (Å²) < 4.78 is 28.9. The number of aliphatic hydroxyl groups is 1. The van der Waals surface area contributed by atoms with Gasteiger partial charge in [-0.2, -0.15) is 0 Å². The Balaban J connectivity index is 1.56. The lowest BCUT2D eigenvalue weighted by Gasteiger charge is -2.27. The number of imidazole rings is 1. The molecule has 4 rings (SSSR count). The van der Waals surface area contributed by atoms with E-state index < -0.39 is 32.4 Å². The van der Waals surface area contributed by atoms with E-state index in [1.165, 1.54) is 25.5 Å². The third kappa shape index (κ3) is 4.03. The summed E-state index contributed by atoms with van der Waals surface area (Å²) in [5.74, 6) is 0.703. The molecule has 1 unspecified atom stereocenters. The Morgan fingerprint density at radius 2 is 2.14 bits per heavy atom. The third-order valence-corrected chi connectivity index (χ3v) is 6.27. The average molecular weight is 427 g/mol. The van der Waals surface area contributed by atoms with Gasteiger partial charge in [0.1, 0.15) is 24.6 Å². The van der Waals surface area contributed by atoms with Gasteiger partial charge in [0.2, 0.25) is 0 Å². The number of phosphoric ester groups is 1. The van der Waals surface area contributed by atoms with Crippen LogP contribution in [-0.2, 0) is 18.3 Å². The van der Waals surface area contributed by atoms with E-state index in [1.54, 1.807) is 4.57 Å². The summed E-state index contributed by atoms with van der Waals surface area (Å²) >= 11 is 0. The van der Waals surface area contributed by atoms with Gasteiger partial charge >= 0.3 is 7.82 Å². The lowest BCUT2D eigenvalue weighted by molar-refractivity contribution is -0.0664. The number of hydrogen-bond donors (Lipinski definition) is 2. The molecule has 2 saturated heterocycles. The van der Waals surface area contributed by atoms with E-state index >= 15 is 0 Å². The Morgan fingerprint density at radius 1 is 1.31 bits per heavy atom. The van der Waals surface area contributed by atoms with E-state index in [4.69, 9.17) is 13.8 Å².